The van der Waals surface area contributed by atoms with E-state index in [1.807, 2.05) is 12.1 Å². The van der Waals surface area contributed by atoms with Crippen LogP contribution in [0.2, 0.25) is 0 Å². The number of halogens is 1. The Bertz CT molecular complexity index is 865. The van der Waals surface area contributed by atoms with Crippen molar-refractivity contribution in [3.63, 3.8) is 0 Å². The van der Waals surface area contributed by atoms with Crippen LogP contribution in [0, 0.1) is 5.82 Å². The van der Waals surface area contributed by atoms with Crippen molar-refractivity contribution in [1.29, 1.82) is 0 Å². The van der Waals surface area contributed by atoms with Crippen molar-refractivity contribution in [2.75, 3.05) is 0 Å². The summed E-state index contributed by atoms with van der Waals surface area (Å²) < 4.78 is 19.3. The molecule has 3 rings (SSSR count). The fourth-order valence-corrected chi connectivity index (χ4v) is 2.33. The van der Waals surface area contributed by atoms with Gasteiger partial charge in [-0.1, -0.05) is 26.5 Å². The SMILES string of the molecule is C=Cc1cc(C(C)C)cc2nc(-c3ccc(O)c(F)c3)oc12. The van der Waals surface area contributed by atoms with E-state index in [-0.39, 0.29) is 0 Å². The number of aromatic nitrogens is 1. The molecule has 0 fully saturated rings. The Kier molecular flexibility index (Phi) is 3.45. The normalized spacial score (nSPS) is 11.3. The van der Waals surface area contributed by atoms with E-state index >= 15 is 0 Å². The molecule has 112 valence electrons. The van der Waals surface area contributed by atoms with Gasteiger partial charge < -0.3 is 9.52 Å². The van der Waals surface area contributed by atoms with Crippen molar-refractivity contribution in [2.45, 2.75) is 19.8 Å². The van der Waals surface area contributed by atoms with Gasteiger partial charge in [0.2, 0.25) is 5.89 Å². The molecule has 0 unspecified atom stereocenters. The molecule has 0 radical (unpaired) electrons. The van der Waals surface area contributed by atoms with E-state index in [0.717, 1.165) is 11.1 Å². The van der Waals surface area contributed by atoms with Crippen molar-refractivity contribution >= 4 is 17.2 Å². The van der Waals surface area contributed by atoms with Crippen LogP contribution in [-0.2, 0) is 0 Å². The summed E-state index contributed by atoms with van der Waals surface area (Å²) in [5.74, 6) is -0.424. The van der Waals surface area contributed by atoms with E-state index in [0.29, 0.717) is 28.5 Å². The Labute approximate surface area is 127 Å². The van der Waals surface area contributed by atoms with Gasteiger partial charge in [0, 0.05) is 11.1 Å². The topological polar surface area (TPSA) is 46.3 Å². The summed E-state index contributed by atoms with van der Waals surface area (Å²) in [6.45, 7) is 8.01. The summed E-state index contributed by atoms with van der Waals surface area (Å²) >= 11 is 0. The fraction of sp³-hybridized carbons (Fsp3) is 0.167. The lowest BCUT2D eigenvalue weighted by Crippen LogP contribution is -1.88. The van der Waals surface area contributed by atoms with Gasteiger partial charge in [0.05, 0.1) is 0 Å². The van der Waals surface area contributed by atoms with Gasteiger partial charge in [0.25, 0.3) is 0 Å². The fourth-order valence-electron chi connectivity index (χ4n) is 2.33. The van der Waals surface area contributed by atoms with E-state index in [2.05, 4.69) is 25.4 Å². The number of hydrogen-bond acceptors (Lipinski definition) is 3. The van der Waals surface area contributed by atoms with Gasteiger partial charge in [-0.2, -0.15) is 0 Å². The summed E-state index contributed by atoms with van der Waals surface area (Å²) in [5, 5.41) is 9.27. The maximum atomic E-state index is 13.5. The third kappa shape index (κ3) is 2.37. The molecule has 0 aliphatic rings. The van der Waals surface area contributed by atoms with E-state index in [1.165, 1.54) is 12.1 Å². The second-order valence-corrected chi connectivity index (χ2v) is 5.50. The van der Waals surface area contributed by atoms with Crippen molar-refractivity contribution in [1.82, 2.24) is 4.98 Å². The lowest BCUT2D eigenvalue weighted by Gasteiger charge is -2.06. The molecular weight excluding hydrogens is 281 g/mol. The summed E-state index contributed by atoms with van der Waals surface area (Å²) in [6.07, 6.45) is 1.72. The number of benzene rings is 2. The molecule has 0 aliphatic heterocycles. The highest BCUT2D eigenvalue weighted by molar-refractivity contribution is 5.85. The van der Waals surface area contributed by atoms with Crippen LogP contribution in [0.1, 0.15) is 30.9 Å². The molecule has 1 heterocycles. The summed E-state index contributed by atoms with van der Waals surface area (Å²) in [6, 6.07) is 8.05. The number of rotatable bonds is 3. The minimum absolute atomic E-state index is 0.318. The zero-order valence-corrected chi connectivity index (χ0v) is 12.4. The Morgan fingerprint density at radius 3 is 2.68 bits per heavy atom. The average molecular weight is 297 g/mol. The molecule has 0 saturated carbocycles. The quantitative estimate of drug-likeness (QED) is 0.731. The zero-order chi connectivity index (χ0) is 15.9. The molecule has 0 saturated heterocycles. The zero-order valence-electron chi connectivity index (χ0n) is 12.4. The molecule has 1 N–H and O–H groups in total. The molecule has 3 nitrogen and oxygen atoms in total. The summed E-state index contributed by atoms with van der Waals surface area (Å²) in [5.41, 5.74) is 3.82. The van der Waals surface area contributed by atoms with Crippen molar-refractivity contribution in [2.24, 2.45) is 0 Å². The second-order valence-electron chi connectivity index (χ2n) is 5.50. The Hall–Kier alpha value is -2.62. The molecule has 2 aromatic carbocycles. The van der Waals surface area contributed by atoms with E-state index < -0.39 is 11.6 Å². The molecule has 3 aromatic rings. The van der Waals surface area contributed by atoms with Crippen LogP contribution >= 0.6 is 0 Å². The van der Waals surface area contributed by atoms with Gasteiger partial charge in [-0.25, -0.2) is 9.37 Å². The van der Waals surface area contributed by atoms with Crippen LogP contribution in [-0.4, -0.2) is 10.1 Å². The molecule has 4 heteroatoms. The predicted molar refractivity (Wildman–Crippen MR) is 85.2 cm³/mol. The van der Waals surface area contributed by atoms with Crippen molar-refractivity contribution < 1.29 is 13.9 Å². The van der Waals surface area contributed by atoms with E-state index in [1.54, 1.807) is 12.1 Å². The van der Waals surface area contributed by atoms with Gasteiger partial charge in [0.15, 0.2) is 17.1 Å². The number of nitrogens with zero attached hydrogens (tertiary/aromatic N) is 1. The second kappa shape index (κ2) is 5.30. The van der Waals surface area contributed by atoms with Crippen molar-refractivity contribution in [3.8, 4) is 17.2 Å². The summed E-state index contributed by atoms with van der Waals surface area (Å²) in [4.78, 5) is 4.44. The molecule has 1 aromatic heterocycles. The molecular formula is C18H16FNO2. The third-order valence-electron chi connectivity index (χ3n) is 3.62. The minimum atomic E-state index is -0.702. The Morgan fingerprint density at radius 2 is 2.05 bits per heavy atom. The summed E-state index contributed by atoms with van der Waals surface area (Å²) in [7, 11) is 0. The first-order valence-corrected chi connectivity index (χ1v) is 7.05. The van der Waals surface area contributed by atoms with Crippen molar-refractivity contribution in [3.05, 3.63) is 53.9 Å². The lowest BCUT2D eigenvalue weighted by atomic mass is 10.00. The first-order chi connectivity index (χ1) is 10.5. The molecule has 0 atom stereocenters. The molecule has 0 spiro atoms. The number of fused-ring (bicyclic) bond motifs is 1. The Balaban J connectivity index is 2.20. The molecule has 0 amide bonds. The van der Waals surface area contributed by atoms with Crippen LogP contribution in [0.4, 0.5) is 4.39 Å². The lowest BCUT2D eigenvalue weighted by molar-refractivity contribution is 0.432. The average Bonchev–Trinajstić information content (AvgIpc) is 2.92. The highest BCUT2D eigenvalue weighted by Gasteiger charge is 2.14. The first-order valence-electron chi connectivity index (χ1n) is 7.05. The minimum Gasteiger partial charge on any atom is -0.505 e. The third-order valence-corrected chi connectivity index (χ3v) is 3.62. The maximum absolute atomic E-state index is 13.5. The van der Waals surface area contributed by atoms with E-state index in [4.69, 9.17) is 4.42 Å². The predicted octanol–water partition coefficient (Wildman–Crippen LogP) is 5.11. The Morgan fingerprint density at radius 1 is 1.27 bits per heavy atom. The van der Waals surface area contributed by atoms with Gasteiger partial charge >= 0.3 is 0 Å². The molecule has 22 heavy (non-hydrogen) atoms. The smallest absolute Gasteiger partial charge is 0.227 e. The van der Waals surface area contributed by atoms with Gasteiger partial charge in [0.1, 0.15) is 5.52 Å². The van der Waals surface area contributed by atoms with Crippen LogP contribution < -0.4 is 0 Å². The molecule has 0 aliphatic carbocycles. The standard InChI is InChI=1S/C18H16FNO2/c1-4-11-7-13(10(2)3)9-15-17(11)22-18(20-15)12-5-6-16(21)14(19)8-12/h4-10,21H,1H2,2-3H3. The number of hydrogen-bond donors (Lipinski definition) is 1. The number of phenolic OH excluding ortho intramolecular Hbond substituents is 1. The van der Waals surface area contributed by atoms with Crippen LogP contribution in [0.5, 0.6) is 5.75 Å². The van der Waals surface area contributed by atoms with Crippen LogP contribution in [0.15, 0.2) is 41.3 Å². The number of oxazole rings is 1. The van der Waals surface area contributed by atoms with Gasteiger partial charge in [-0.3, -0.25) is 0 Å². The molecule has 0 bridgehead atoms. The highest BCUT2D eigenvalue weighted by atomic mass is 19.1. The van der Waals surface area contributed by atoms with Crippen LogP contribution in [0.3, 0.4) is 0 Å². The number of aromatic hydroxyl groups is 1. The largest absolute Gasteiger partial charge is 0.505 e. The maximum Gasteiger partial charge on any atom is 0.227 e. The number of phenols is 1. The monoisotopic (exact) mass is 297 g/mol. The first kappa shape index (κ1) is 14.3. The van der Waals surface area contributed by atoms with Crippen LogP contribution in [0.25, 0.3) is 28.6 Å². The highest BCUT2D eigenvalue weighted by Crippen LogP contribution is 2.31. The van der Waals surface area contributed by atoms with Gasteiger partial charge in [-0.15, -0.1) is 0 Å². The van der Waals surface area contributed by atoms with E-state index in [9.17, 15) is 9.50 Å². The van der Waals surface area contributed by atoms with Gasteiger partial charge in [-0.05, 0) is 41.8 Å².